The molecular formula is C23H28N4O2S. The van der Waals surface area contributed by atoms with Crippen LogP contribution in [0, 0.1) is 11.8 Å². The quantitative estimate of drug-likeness (QED) is 0.610. The van der Waals surface area contributed by atoms with Gasteiger partial charge in [0.2, 0.25) is 5.91 Å². The molecule has 30 heavy (non-hydrogen) atoms. The van der Waals surface area contributed by atoms with Crippen molar-refractivity contribution >= 4 is 29.4 Å². The topological polar surface area (TPSA) is 83.1 Å². The Bertz CT molecular complexity index is 853. The third kappa shape index (κ3) is 5.21. The van der Waals surface area contributed by atoms with Gasteiger partial charge in [0.05, 0.1) is 6.04 Å². The molecule has 7 heteroatoms. The second-order valence-corrected chi connectivity index (χ2v) is 8.88. The number of carbonyl (C=O) groups excluding carboxylic acids is 2. The van der Waals surface area contributed by atoms with E-state index in [1.807, 2.05) is 18.2 Å². The van der Waals surface area contributed by atoms with Crippen LogP contribution in [0.15, 0.2) is 53.7 Å². The summed E-state index contributed by atoms with van der Waals surface area (Å²) in [5, 5.41) is 7.16. The van der Waals surface area contributed by atoms with Gasteiger partial charge in [0, 0.05) is 29.4 Å². The lowest BCUT2D eigenvalue weighted by Crippen LogP contribution is -2.42. The summed E-state index contributed by atoms with van der Waals surface area (Å²) in [4.78, 5) is 29.4. The molecule has 0 bridgehead atoms. The minimum absolute atomic E-state index is 0.0333. The molecule has 1 aliphatic carbocycles. The van der Waals surface area contributed by atoms with E-state index in [-0.39, 0.29) is 17.9 Å². The maximum absolute atomic E-state index is 12.9. The second-order valence-electron chi connectivity index (χ2n) is 8.05. The number of benzene rings is 1. The molecule has 1 aromatic heterocycles. The van der Waals surface area contributed by atoms with Crippen LogP contribution in [-0.4, -0.2) is 29.4 Å². The summed E-state index contributed by atoms with van der Waals surface area (Å²) in [6, 6.07) is 12.4. The first-order chi connectivity index (χ1) is 14.7. The van der Waals surface area contributed by atoms with Crippen LogP contribution in [-0.2, 0) is 4.79 Å². The van der Waals surface area contributed by atoms with Gasteiger partial charge in [-0.2, -0.15) is 0 Å². The van der Waals surface area contributed by atoms with E-state index in [9.17, 15) is 9.59 Å². The van der Waals surface area contributed by atoms with Crippen molar-refractivity contribution in [2.45, 2.75) is 49.6 Å². The van der Waals surface area contributed by atoms with Crippen LogP contribution in [0.1, 0.15) is 48.9 Å². The van der Waals surface area contributed by atoms with Gasteiger partial charge in [-0.1, -0.05) is 38.2 Å². The molecule has 6 nitrogen and oxygen atoms in total. The summed E-state index contributed by atoms with van der Waals surface area (Å²) in [6.45, 7) is 0.909. The summed E-state index contributed by atoms with van der Waals surface area (Å²) in [5.41, 5.74) is 1.25. The van der Waals surface area contributed by atoms with Crippen LogP contribution in [0.5, 0.6) is 0 Å². The maximum atomic E-state index is 12.9. The molecule has 1 saturated heterocycles. The van der Waals surface area contributed by atoms with E-state index in [1.165, 1.54) is 44.1 Å². The van der Waals surface area contributed by atoms with E-state index in [4.69, 9.17) is 0 Å². The number of hydrogen-bond acceptors (Lipinski definition) is 5. The first-order valence-corrected chi connectivity index (χ1v) is 11.5. The third-order valence-electron chi connectivity index (χ3n) is 6.11. The molecule has 2 heterocycles. The van der Waals surface area contributed by atoms with Crippen molar-refractivity contribution in [3.05, 3.63) is 54.2 Å². The number of nitrogens with one attached hydrogen (secondary N) is 3. The molecule has 2 fully saturated rings. The number of anilines is 1. The van der Waals surface area contributed by atoms with Gasteiger partial charge < -0.3 is 10.6 Å². The van der Waals surface area contributed by atoms with Gasteiger partial charge in [0.25, 0.3) is 5.91 Å². The van der Waals surface area contributed by atoms with E-state index in [0.717, 1.165) is 18.0 Å². The molecule has 2 unspecified atom stereocenters. The number of carbonyl (C=O) groups is 2. The van der Waals surface area contributed by atoms with Gasteiger partial charge in [-0.05, 0) is 61.2 Å². The van der Waals surface area contributed by atoms with Crippen molar-refractivity contribution in [3.8, 4) is 0 Å². The van der Waals surface area contributed by atoms with Gasteiger partial charge in [-0.25, -0.2) is 4.98 Å². The zero-order chi connectivity index (χ0) is 20.8. The van der Waals surface area contributed by atoms with Gasteiger partial charge in [-0.15, -0.1) is 0 Å². The van der Waals surface area contributed by atoms with Crippen molar-refractivity contribution in [1.29, 1.82) is 0 Å². The molecule has 0 radical (unpaired) electrons. The Morgan fingerprint density at radius 2 is 1.80 bits per heavy atom. The highest BCUT2D eigenvalue weighted by Crippen LogP contribution is 2.36. The highest BCUT2D eigenvalue weighted by atomic mass is 32.2. The number of nitrogens with zero attached hydrogens (tertiary/aromatic N) is 1. The van der Waals surface area contributed by atoms with Crippen LogP contribution in [0.3, 0.4) is 0 Å². The van der Waals surface area contributed by atoms with Crippen molar-refractivity contribution in [2.24, 2.45) is 11.8 Å². The van der Waals surface area contributed by atoms with Crippen molar-refractivity contribution < 1.29 is 9.59 Å². The maximum Gasteiger partial charge on any atom is 0.261 e. The van der Waals surface area contributed by atoms with Crippen LogP contribution in [0.2, 0.25) is 0 Å². The largest absolute Gasteiger partial charge is 0.325 e. The van der Waals surface area contributed by atoms with Gasteiger partial charge >= 0.3 is 0 Å². The number of hydrogen-bond donors (Lipinski definition) is 3. The Morgan fingerprint density at radius 3 is 2.53 bits per heavy atom. The first kappa shape index (κ1) is 20.9. The predicted octanol–water partition coefficient (Wildman–Crippen LogP) is 4.02. The summed E-state index contributed by atoms with van der Waals surface area (Å²) in [7, 11) is 0. The Hall–Kier alpha value is -2.38. The van der Waals surface area contributed by atoms with E-state index < -0.39 is 0 Å². The number of rotatable bonds is 6. The lowest BCUT2D eigenvalue weighted by atomic mass is 9.76. The highest BCUT2D eigenvalue weighted by molar-refractivity contribution is 7.97. The SMILES string of the molecule is O=C(NSc1ccccn1)c1ccc(NC(=O)C2NCCC2C2CCCCC2)cc1. The fourth-order valence-corrected chi connectivity index (χ4v) is 5.15. The van der Waals surface area contributed by atoms with Gasteiger partial charge in [0.1, 0.15) is 5.03 Å². The normalized spacial score (nSPS) is 21.9. The van der Waals surface area contributed by atoms with E-state index >= 15 is 0 Å². The Kier molecular flexibility index (Phi) is 7.02. The Labute approximate surface area is 181 Å². The average molecular weight is 425 g/mol. The van der Waals surface area contributed by atoms with Crippen LogP contribution in [0.25, 0.3) is 0 Å². The van der Waals surface area contributed by atoms with Crippen LogP contribution in [0.4, 0.5) is 5.69 Å². The molecule has 2 amide bonds. The monoisotopic (exact) mass is 424 g/mol. The molecule has 1 saturated carbocycles. The molecule has 4 rings (SSSR count). The lowest BCUT2D eigenvalue weighted by molar-refractivity contribution is -0.119. The Balaban J connectivity index is 1.31. The minimum atomic E-state index is -0.196. The molecule has 2 atom stereocenters. The molecule has 3 N–H and O–H groups in total. The third-order valence-corrected chi connectivity index (χ3v) is 6.85. The predicted molar refractivity (Wildman–Crippen MR) is 119 cm³/mol. The molecule has 1 aliphatic heterocycles. The van der Waals surface area contributed by atoms with E-state index in [2.05, 4.69) is 20.3 Å². The molecule has 2 aromatic rings. The van der Waals surface area contributed by atoms with Crippen molar-refractivity contribution in [1.82, 2.24) is 15.0 Å². The van der Waals surface area contributed by atoms with E-state index in [0.29, 0.717) is 23.1 Å². The zero-order valence-electron chi connectivity index (χ0n) is 17.0. The lowest BCUT2D eigenvalue weighted by Gasteiger charge is -2.30. The smallest absolute Gasteiger partial charge is 0.261 e. The molecule has 2 aliphatic rings. The van der Waals surface area contributed by atoms with Gasteiger partial charge in [-0.3, -0.25) is 14.3 Å². The van der Waals surface area contributed by atoms with Crippen molar-refractivity contribution in [2.75, 3.05) is 11.9 Å². The fraction of sp³-hybridized carbons (Fsp3) is 0.435. The van der Waals surface area contributed by atoms with E-state index in [1.54, 1.807) is 30.5 Å². The van der Waals surface area contributed by atoms with Gasteiger partial charge in [0.15, 0.2) is 0 Å². The Morgan fingerprint density at radius 1 is 1.00 bits per heavy atom. The zero-order valence-corrected chi connectivity index (χ0v) is 17.8. The fourth-order valence-electron chi connectivity index (χ4n) is 4.57. The van der Waals surface area contributed by atoms with Crippen molar-refractivity contribution in [3.63, 3.8) is 0 Å². The minimum Gasteiger partial charge on any atom is -0.325 e. The summed E-state index contributed by atoms with van der Waals surface area (Å²) < 4.78 is 2.78. The summed E-state index contributed by atoms with van der Waals surface area (Å²) in [5.74, 6) is 0.926. The standard InChI is InChI=1S/C23H28N4O2S/c28-22(27-30-20-8-4-5-14-24-20)17-9-11-18(12-10-17)26-23(29)21-19(13-15-25-21)16-6-2-1-3-7-16/h4-5,8-12,14,16,19,21,25H,1-3,6-7,13,15H2,(H,26,29)(H,27,28). The molecular weight excluding hydrogens is 396 g/mol. The number of aromatic nitrogens is 1. The molecule has 0 spiro atoms. The molecule has 1 aromatic carbocycles. The number of pyridine rings is 1. The summed E-state index contributed by atoms with van der Waals surface area (Å²) >= 11 is 1.18. The van der Waals surface area contributed by atoms with Crippen LogP contribution >= 0.6 is 11.9 Å². The highest BCUT2D eigenvalue weighted by Gasteiger charge is 2.38. The second kappa shape index (κ2) is 10.1. The first-order valence-electron chi connectivity index (χ1n) is 10.7. The average Bonchev–Trinajstić information content (AvgIpc) is 3.29. The molecule has 158 valence electrons. The number of amides is 2. The van der Waals surface area contributed by atoms with Crippen LogP contribution < -0.4 is 15.4 Å². The summed E-state index contributed by atoms with van der Waals surface area (Å²) in [6.07, 6.45) is 9.16.